The molecule has 0 unspecified atom stereocenters. The lowest BCUT2D eigenvalue weighted by molar-refractivity contribution is -0.106. The highest BCUT2D eigenvalue weighted by molar-refractivity contribution is 4.52. The molecule has 0 aromatic carbocycles. The highest BCUT2D eigenvalue weighted by Gasteiger charge is 2.13. The molecule has 0 aromatic heterocycles. The van der Waals surface area contributed by atoms with Crippen molar-refractivity contribution in [2.24, 2.45) is 0 Å². The van der Waals surface area contributed by atoms with Gasteiger partial charge in [0.05, 0.1) is 0 Å². The van der Waals surface area contributed by atoms with E-state index in [9.17, 15) is 0 Å². The molecular formula is C6H12O2. The first kappa shape index (κ1) is 6.05. The van der Waals surface area contributed by atoms with E-state index in [0.29, 0.717) is 0 Å². The monoisotopic (exact) mass is 116 g/mol. The second-order valence-electron chi connectivity index (χ2n) is 1.90. The van der Waals surface area contributed by atoms with Crippen molar-refractivity contribution in [1.29, 1.82) is 0 Å². The first-order valence-electron chi connectivity index (χ1n) is 3.16. The van der Waals surface area contributed by atoms with Crippen LogP contribution in [0.15, 0.2) is 0 Å². The summed E-state index contributed by atoms with van der Waals surface area (Å²) in [5, 5.41) is 0. The average Bonchev–Trinajstić information content (AvgIpc) is 2.19. The van der Waals surface area contributed by atoms with Crippen molar-refractivity contribution in [3.8, 4) is 0 Å². The smallest absolute Gasteiger partial charge is 0.157 e. The molecule has 0 N–H and O–H groups in total. The average molecular weight is 116 g/mol. The molecule has 1 atom stereocenters. The van der Waals surface area contributed by atoms with Gasteiger partial charge in [0.15, 0.2) is 6.29 Å². The van der Waals surface area contributed by atoms with Crippen LogP contribution in [-0.4, -0.2) is 19.5 Å². The van der Waals surface area contributed by atoms with Gasteiger partial charge in [-0.15, -0.1) is 0 Å². The molecule has 2 nitrogen and oxygen atoms in total. The predicted molar refractivity (Wildman–Crippen MR) is 30.6 cm³/mol. The number of hydrogen-bond donors (Lipinski definition) is 0. The number of hydrogen-bond acceptors (Lipinski definition) is 2. The molecule has 0 amide bonds. The van der Waals surface area contributed by atoms with Crippen LogP contribution < -0.4 is 0 Å². The van der Waals surface area contributed by atoms with Crippen molar-refractivity contribution in [3.63, 3.8) is 0 Å². The van der Waals surface area contributed by atoms with Gasteiger partial charge in [-0.3, -0.25) is 0 Å². The Kier molecular flexibility index (Phi) is 2.30. The number of ether oxygens (including phenoxy) is 2. The summed E-state index contributed by atoms with van der Waals surface area (Å²) in [5.74, 6) is 0. The second kappa shape index (κ2) is 3.05. The second-order valence-corrected chi connectivity index (χ2v) is 1.90. The topological polar surface area (TPSA) is 18.5 Å². The van der Waals surface area contributed by atoms with Crippen LogP contribution in [0, 0.1) is 0 Å². The minimum absolute atomic E-state index is 0.111. The van der Waals surface area contributed by atoms with E-state index in [-0.39, 0.29) is 6.29 Å². The van der Waals surface area contributed by atoms with Gasteiger partial charge in [-0.25, -0.2) is 0 Å². The molecule has 1 rings (SSSR count). The van der Waals surface area contributed by atoms with E-state index < -0.39 is 0 Å². The van der Waals surface area contributed by atoms with Crippen LogP contribution in [0.4, 0.5) is 0 Å². The van der Waals surface area contributed by atoms with Gasteiger partial charge in [0, 0.05) is 19.6 Å². The lowest BCUT2D eigenvalue weighted by Crippen LogP contribution is -2.09. The maximum atomic E-state index is 5.18. The van der Waals surface area contributed by atoms with Gasteiger partial charge in [-0.05, 0) is 13.3 Å². The minimum Gasteiger partial charge on any atom is -0.353 e. The number of rotatable bonds is 2. The van der Waals surface area contributed by atoms with Crippen LogP contribution in [0.3, 0.4) is 0 Å². The molecule has 1 aliphatic rings. The highest BCUT2D eigenvalue weighted by Crippen LogP contribution is 2.11. The molecule has 1 heterocycles. The quantitative estimate of drug-likeness (QED) is 0.539. The molecular weight excluding hydrogens is 104 g/mol. The summed E-state index contributed by atoms with van der Waals surface area (Å²) in [6.45, 7) is 3.64. The van der Waals surface area contributed by atoms with Crippen molar-refractivity contribution in [2.75, 3.05) is 13.2 Å². The van der Waals surface area contributed by atoms with Gasteiger partial charge in [0.2, 0.25) is 0 Å². The molecule has 0 spiro atoms. The third-order valence-corrected chi connectivity index (χ3v) is 1.24. The molecule has 0 radical (unpaired) electrons. The first-order valence-corrected chi connectivity index (χ1v) is 3.16. The summed E-state index contributed by atoms with van der Waals surface area (Å²) in [6.07, 6.45) is 2.35. The molecule has 0 bridgehead atoms. The molecule has 0 aliphatic carbocycles. The zero-order valence-electron chi connectivity index (χ0n) is 5.22. The van der Waals surface area contributed by atoms with E-state index in [0.717, 1.165) is 26.1 Å². The van der Waals surface area contributed by atoms with Crippen molar-refractivity contribution in [3.05, 3.63) is 0 Å². The van der Waals surface area contributed by atoms with Crippen molar-refractivity contribution in [2.45, 2.75) is 26.1 Å². The lowest BCUT2D eigenvalue weighted by Gasteiger charge is -2.06. The van der Waals surface area contributed by atoms with E-state index in [4.69, 9.17) is 9.47 Å². The van der Waals surface area contributed by atoms with E-state index in [1.54, 1.807) is 0 Å². The molecule has 1 saturated heterocycles. The lowest BCUT2D eigenvalue weighted by atomic mass is 10.4. The molecule has 1 aliphatic heterocycles. The summed E-state index contributed by atoms with van der Waals surface area (Å²) in [7, 11) is 0. The van der Waals surface area contributed by atoms with Crippen LogP contribution in [0.25, 0.3) is 0 Å². The molecule has 0 saturated carbocycles. The fourth-order valence-corrected chi connectivity index (χ4v) is 0.865. The first-order chi connectivity index (χ1) is 3.93. The van der Waals surface area contributed by atoms with Gasteiger partial charge in [0.1, 0.15) is 0 Å². The van der Waals surface area contributed by atoms with Gasteiger partial charge < -0.3 is 9.47 Å². The molecule has 0 aromatic rings. The maximum absolute atomic E-state index is 5.18. The van der Waals surface area contributed by atoms with E-state index in [2.05, 4.69) is 0 Å². The summed E-state index contributed by atoms with van der Waals surface area (Å²) < 4.78 is 10.4. The van der Waals surface area contributed by atoms with Crippen LogP contribution in [0.2, 0.25) is 0 Å². The third-order valence-electron chi connectivity index (χ3n) is 1.24. The third kappa shape index (κ3) is 1.46. The molecule has 48 valence electrons. The molecule has 8 heavy (non-hydrogen) atoms. The van der Waals surface area contributed by atoms with E-state index >= 15 is 0 Å². The zero-order chi connectivity index (χ0) is 5.82. The van der Waals surface area contributed by atoms with Crippen molar-refractivity contribution < 1.29 is 9.47 Å². The Hall–Kier alpha value is -0.0800. The zero-order valence-corrected chi connectivity index (χ0v) is 5.22. The Morgan fingerprint density at radius 3 is 3.12 bits per heavy atom. The van der Waals surface area contributed by atoms with Crippen molar-refractivity contribution in [1.82, 2.24) is 0 Å². The van der Waals surface area contributed by atoms with Crippen LogP contribution in [-0.2, 0) is 9.47 Å². The van der Waals surface area contributed by atoms with Gasteiger partial charge in [-0.2, -0.15) is 0 Å². The van der Waals surface area contributed by atoms with Gasteiger partial charge in [-0.1, -0.05) is 0 Å². The summed E-state index contributed by atoms with van der Waals surface area (Å²) >= 11 is 0. The Morgan fingerprint density at radius 2 is 2.62 bits per heavy atom. The van der Waals surface area contributed by atoms with Gasteiger partial charge >= 0.3 is 0 Å². The largest absolute Gasteiger partial charge is 0.353 e. The summed E-state index contributed by atoms with van der Waals surface area (Å²) in [5.41, 5.74) is 0. The predicted octanol–water partition coefficient (Wildman–Crippen LogP) is 1.16. The Bertz CT molecular complexity index is 57.5. The van der Waals surface area contributed by atoms with E-state index in [1.807, 2.05) is 6.92 Å². The van der Waals surface area contributed by atoms with Crippen molar-refractivity contribution >= 4 is 0 Å². The Labute approximate surface area is 49.8 Å². The summed E-state index contributed by atoms with van der Waals surface area (Å²) in [4.78, 5) is 0. The standard InChI is InChI=1S/C6H12O2/c1-2-7-6-4-3-5-8-6/h6H,2-5H2,1H3/t6-/m1/s1. The van der Waals surface area contributed by atoms with Crippen LogP contribution in [0.5, 0.6) is 0 Å². The minimum atomic E-state index is 0.111. The SMILES string of the molecule is CCO[C@H]1CCCO1. The van der Waals surface area contributed by atoms with Gasteiger partial charge in [0.25, 0.3) is 0 Å². The Morgan fingerprint density at radius 1 is 1.75 bits per heavy atom. The van der Waals surface area contributed by atoms with E-state index in [1.165, 1.54) is 0 Å². The van der Waals surface area contributed by atoms with Crippen LogP contribution >= 0.6 is 0 Å². The molecule has 2 heteroatoms. The maximum Gasteiger partial charge on any atom is 0.157 e. The highest BCUT2D eigenvalue weighted by atomic mass is 16.7. The normalized spacial score (nSPS) is 28.9. The molecule has 1 fully saturated rings. The Balaban J connectivity index is 2.06. The fraction of sp³-hybridized carbons (Fsp3) is 1.00. The fourth-order valence-electron chi connectivity index (χ4n) is 0.865. The summed E-state index contributed by atoms with van der Waals surface area (Å²) in [6, 6.07) is 0. The van der Waals surface area contributed by atoms with Crippen LogP contribution in [0.1, 0.15) is 19.8 Å².